The number of nitrogens with one attached hydrogen (secondary N) is 1. The first-order chi connectivity index (χ1) is 6.83. The van der Waals surface area contributed by atoms with E-state index < -0.39 is 0 Å². The number of hydrogen-bond acceptors (Lipinski definition) is 2. The van der Waals surface area contributed by atoms with E-state index in [0.717, 1.165) is 26.1 Å². The molecule has 80 valence electrons. The Bertz CT molecular complexity index is 289. The fourth-order valence-electron chi connectivity index (χ4n) is 1.87. The van der Waals surface area contributed by atoms with E-state index in [9.17, 15) is 0 Å². The van der Waals surface area contributed by atoms with Crippen LogP contribution in [-0.2, 0) is 19.5 Å². The highest BCUT2D eigenvalue weighted by molar-refractivity contribution is 5.27. The zero-order valence-corrected chi connectivity index (χ0v) is 9.72. The number of hydrogen-bond donors (Lipinski definition) is 1. The molecule has 0 unspecified atom stereocenters. The largest absolute Gasteiger partial charge is 0.311 e. The maximum absolute atomic E-state index is 4.49. The topological polar surface area (TPSA) is 29.9 Å². The van der Waals surface area contributed by atoms with Crippen molar-refractivity contribution in [2.24, 2.45) is 0 Å². The molecule has 0 aromatic carbocycles. The van der Waals surface area contributed by atoms with Gasteiger partial charge in [0.05, 0.1) is 11.4 Å². The van der Waals surface area contributed by atoms with Gasteiger partial charge in [0.15, 0.2) is 0 Å². The van der Waals surface area contributed by atoms with Gasteiger partial charge in [-0.3, -0.25) is 4.68 Å². The van der Waals surface area contributed by atoms with E-state index in [2.05, 4.69) is 28.9 Å². The molecule has 2 rings (SSSR count). The minimum Gasteiger partial charge on any atom is -0.311 e. The van der Waals surface area contributed by atoms with Crippen molar-refractivity contribution in [2.45, 2.75) is 47.2 Å². The summed E-state index contributed by atoms with van der Waals surface area (Å²) in [6.07, 6.45) is 1.14. The third kappa shape index (κ3) is 1.98. The highest BCUT2D eigenvalue weighted by atomic mass is 15.3. The van der Waals surface area contributed by atoms with Gasteiger partial charge in [-0.05, 0) is 32.4 Å². The summed E-state index contributed by atoms with van der Waals surface area (Å²) in [6, 6.07) is 0. The summed E-state index contributed by atoms with van der Waals surface area (Å²) >= 11 is 0. The van der Waals surface area contributed by atoms with Gasteiger partial charge >= 0.3 is 0 Å². The van der Waals surface area contributed by atoms with Gasteiger partial charge in [-0.25, -0.2) is 0 Å². The Morgan fingerprint density at radius 1 is 1.43 bits per heavy atom. The molecule has 0 fully saturated rings. The highest BCUT2D eigenvalue weighted by Crippen LogP contribution is 2.17. The molecule has 3 heteroatoms. The fourth-order valence-corrected chi connectivity index (χ4v) is 1.87. The monoisotopic (exact) mass is 195 g/mol. The Labute approximate surface area is 86.5 Å². The number of nitrogens with zero attached hydrogens (tertiary/aromatic N) is 2. The van der Waals surface area contributed by atoms with E-state index >= 15 is 0 Å². The molecular weight excluding hydrogens is 174 g/mol. The van der Waals surface area contributed by atoms with Gasteiger partial charge in [0.1, 0.15) is 0 Å². The molecular formula is C11H21N3. The summed E-state index contributed by atoms with van der Waals surface area (Å²) in [7, 11) is 0. The molecule has 1 aliphatic rings. The van der Waals surface area contributed by atoms with Crippen LogP contribution < -0.4 is 5.32 Å². The van der Waals surface area contributed by atoms with Gasteiger partial charge in [-0.1, -0.05) is 13.8 Å². The van der Waals surface area contributed by atoms with Crippen molar-refractivity contribution in [3.63, 3.8) is 0 Å². The minimum absolute atomic E-state index is 0.984. The summed E-state index contributed by atoms with van der Waals surface area (Å²) < 4.78 is 2.11. The summed E-state index contributed by atoms with van der Waals surface area (Å²) in [4.78, 5) is 0. The van der Waals surface area contributed by atoms with E-state index in [1.807, 2.05) is 13.8 Å². The lowest BCUT2D eigenvalue weighted by atomic mass is 10.1. The zero-order chi connectivity index (χ0) is 10.6. The lowest BCUT2D eigenvalue weighted by molar-refractivity contribution is 0.559. The van der Waals surface area contributed by atoms with Crippen LogP contribution in [-0.4, -0.2) is 16.3 Å². The molecule has 0 radical (unpaired) electrons. The lowest BCUT2D eigenvalue weighted by Crippen LogP contribution is -2.25. The summed E-state index contributed by atoms with van der Waals surface area (Å²) in [5.74, 6) is 0. The van der Waals surface area contributed by atoms with Crippen LogP contribution in [0, 0.1) is 6.92 Å². The smallest absolute Gasteiger partial charge is 0.0629 e. The average molecular weight is 195 g/mol. The Morgan fingerprint density at radius 2 is 2.14 bits per heavy atom. The SMILES string of the molecule is CC.CCn1nc(C)c2c1CNCC2. The van der Waals surface area contributed by atoms with Gasteiger partial charge in [-0.2, -0.15) is 5.10 Å². The van der Waals surface area contributed by atoms with Crippen LogP contribution >= 0.6 is 0 Å². The number of fused-ring (bicyclic) bond motifs is 1. The molecule has 0 bridgehead atoms. The Balaban J connectivity index is 0.000000461. The number of aryl methyl sites for hydroxylation is 2. The van der Waals surface area contributed by atoms with E-state index in [1.165, 1.54) is 17.0 Å². The first-order valence-corrected chi connectivity index (χ1v) is 5.58. The molecule has 1 N–H and O–H groups in total. The summed E-state index contributed by atoms with van der Waals surface area (Å²) in [5, 5.41) is 7.86. The summed E-state index contributed by atoms with van der Waals surface area (Å²) in [5.41, 5.74) is 4.07. The van der Waals surface area contributed by atoms with Crippen molar-refractivity contribution in [2.75, 3.05) is 6.54 Å². The normalized spacial score (nSPS) is 14.3. The van der Waals surface area contributed by atoms with Crippen LogP contribution in [0.15, 0.2) is 0 Å². The first-order valence-electron chi connectivity index (χ1n) is 5.58. The Kier molecular flexibility index (Phi) is 4.14. The van der Waals surface area contributed by atoms with E-state index in [-0.39, 0.29) is 0 Å². The van der Waals surface area contributed by atoms with Gasteiger partial charge in [0, 0.05) is 13.1 Å². The van der Waals surface area contributed by atoms with Gasteiger partial charge in [0.25, 0.3) is 0 Å². The van der Waals surface area contributed by atoms with Gasteiger partial charge in [0.2, 0.25) is 0 Å². The molecule has 0 atom stereocenters. The van der Waals surface area contributed by atoms with Crippen molar-refractivity contribution in [3.05, 3.63) is 17.0 Å². The molecule has 0 spiro atoms. The van der Waals surface area contributed by atoms with E-state index in [0.29, 0.717) is 0 Å². The first kappa shape index (κ1) is 11.2. The maximum Gasteiger partial charge on any atom is 0.0629 e. The van der Waals surface area contributed by atoms with E-state index in [1.54, 1.807) is 0 Å². The van der Waals surface area contributed by atoms with E-state index in [4.69, 9.17) is 0 Å². The molecule has 0 saturated carbocycles. The van der Waals surface area contributed by atoms with Crippen LogP contribution in [0.25, 0.3) is 0 Å². The minimum atomic E-state index is 0.984. The second-order valence-electron chi connectivity index (χ2n) is 3.25. The zero-order valence-electron chi connectivity index (χ0n) is 9.72. The van der Waals surface area contributed by atoms with Crippen molar-refractivity contribution < 1.29 is 0 Å². The van der Waals surface area contributed by atoms with Crippen molar-refractivity contribution in [3.8, 4) is 0 Å². The third-order valence-corrected chi connectivity index (χ3v) is 2.51. The van der Waals surface area contributed by atoms with Crippen molar-refractivity contribution in [1.29, 1.82) is 0 Å². The average Bonchev–Trinajstić information content (AvgIpc) is 2.59. The molecule has 0 saturated heterocycles. The van der Waals surface area contributed by atoms with Gasteiger partial charge < -0.3 is 5.32 Å². The standard InChI is InChI=1S/C9H15N3.C2H6/c1-3-12-9-6-10-5-4-8(9)7(2)11-12;1-2/h10H,3-6H2,1-2H3;1-2H3. The van der Waals surface area contributed by atoms with Crippen molar-refractivity contribution >= 4 is 0 Å². The van der Waals surface area contributed by atoms with Crippen LogP contribution in [0.4, 0.5) is 0 Å². The Hall–Kier alpha value is -0.830. The predicted molar refractivity (Wildman–Crippen MR) is 59.4 cm³/mol. The number of aromatic nitrogens is 2. The second-order valence-corrected chi connectivity index (χ2v) is 3.25. The highest BCUT2D eigenvalue weighted by Gasteiger charge is 2.16. The van der Waals surface area contributed by atoms with Gasteiger partial charge in [-0.15, -0.1) is 0 Å². The fraction of sp³-hybridized carbons (Fsp3) is 0.727. The quantitative estimate of drug-likeness (QED) is 0.741. The number of rotatable bonds is 1. The predicted octanol–water partition coefficient (Wildman–Crippen LogP) is 1.88. The van der Waals surface area contributed by atoms with Crippen molar-refractivity contribution in [1.82, 2.24) is 15.1 Å². The third-order valence-electron chi connectivity index (χ3n) is 2.51. The second kappa shape index (κ2) is 5.15. The van der Waals surface area contributed by atoms with Crippen LogP contribution in [0.3, 0.4) is 0 Å². The summed E-state index contributed by atoms with van der Waals surface area (Å²) in [6.45, 7) is 11.3. The van der Waals surface area contributed by atoms with Crippen LogP contribution in [0.2, 0.25) is 0 Å². The molecule has 2 heterocycles. The molecule has 0 amide bonds. The molecule has 1 aliphatic heterocycles. The molecule has 3 nitrogen and oxygen atoms in total. The van der Waals surface area contributed by atoms with Crippen LogP contribution in [0.5, 0.6) is 0 Å². The molecule has 14 heavy (non-hydrogen) atoms. The Morgan fingerprint density at radius 3 is 2.79 bits per heavy atom. The molecule has 1 aromatic rings. The molecule has 1 aromatic heterocycles. The van der Waals surface area contributed by atoms with Crippen LogP contribution in [0.1, 0.15) is 37.7 Å². The maximum atomic E-state index is 4.49. The lowest BCUT2D eigenvalue weighted by Gasteiger charge is -2.14. The molecule has 0 aliphatic carbocycles.